The number of nitrogens with one attached hydrogen (secondary N) is 1. The molecule has 1 N–H and O–H groups in total. The predicted molar refractivity (Wildman–Crippen MR) is 102 cm³/mol. The number of rotatable bonds is 8. The van der Waals surface area contributed by atoms with Gasteiger partial charge >= 0.3 is 0 Å². The molecule has 0 aliphatic heterocycles. The highest BCUT2D eigenvalue weighted by molar-refractivity contribution is 5.81. The molecule has 140 valence electrons. The van der Waals surface area contributed by atoms with Crippen LogP contribution in [0.3, 0.4) is 0 Å². The van der Waals surface area contributed by atoms with Crippen molar-refractivity contribution in [1.29, 1.82) is 0 Å². The Morgan fingerprint density at radius 3 is 2.23 bits per heavy atom. The van der Waals surface area contributed by atoms with E-state index in [2.05, 4.69) is 5.32 Å². The van der Waals surface area contributed by atoms with Gasteiger partial charge in [-0.3, -0.25) is 4.79 Å². The SMILES string of the molecule is CC[C@@H](NC(=O)[C@H](C)Oc1ccc(OC)cc1)c1ccc(OC)c(C)c1. The van der Waals surface area contributed by atoms with Gasteiger partial charge in [0.1, 0.15) is 17.2 Å². The van der Waals surface area contributed by atoms with Crippen LogP contribution in [0.25, 0.3) is 0 Å². The molecular weight excluding hydrogens is 330 g/mol. The lowest BCUT2D eigenvalue weighted by atomic mass is 10.0. The van der Waals surface area contributed by atoms with Crippen molar-refractivity contribution in [3.05, 3.63) is 53.6 Å². The molecule has 2 aromatic rings. The van der Waals surface area contributed by atoms with Crippen LogP contribution in [0.4, 0.5) is 0 Å². The zero-order valence-electron chi connectivity index (χ0n) is 16.0. The molecule has 0 saturated carbocycles. The van der Waals surface area contributed by atoms with Crippen molar-refractivity contribution in [2.24, 2.45) is 0 Å². The maximum atomic E-state index is 12.5. The summed E-state index contributed by atoms with van der Waals surface area (Å²) in [5.41, 5.74) is 2.09. The normalized spacial score (nSPS) is 12.8. The largest absolute Gasteiger partial charge is 0.497 e. The lowest BCUT2D eigenvalue weighted by molar-refractivity contribution is -0.128. The molecule has 0 aliphatic carbocycles. The number of hydrogen-bond donors (Lipinski definition) is 1. The van der Waals surface area contributed by atoms with E-state index in [0.717, 1.165) is 29.0 Å². The standard InChI is InChI=1S/C21H27NO4/c1-6-19(16-7-12-20(25-5)14(2)13-16)22-21(23)15(3)26-18-10-8-17(24-4)9-11-18/h7-13,15,19H,6H2,1-5H3,(H,22,23)/t15-,19+/m0/s1. The van der Waals surface area contributed by atoms with Crippen LogP contribution in [0.2, 0.25) is 0 Å². The molecule has 0 aromatic heterocycles. The van der Waals surface area contributed by atoms with Crippen LogP contribution in [-0.2, 0) is 4.79 Å². The van der Waals surface area contributed by atoms with Gasteiger partial charge < -0.3 is 19.5 Å². The van der Waals surface area contributed by atoms with Gasteiger partial charge in [-0.15, -0.1) is 0 Å². The Balaban J connectivity index is 2.01. The fourth-order valence-corrected chi connectivity index (χ4v) is 2.74. The van der Waals surface area contributed by atoms with Crippen LogP contribution in [0, 0.1) is 6.92 Å². The molecule has 0 fully saturated rings. The third-order valence-electron chi connectivity index (χ3n) is 4.29. The van der Waals surface area contributed by atoms with E-state index in [4.69, 9.17) is 14.2 Å². The number of carbonyl (C=O) groups is 1. The topological polar surface area (TPSA) is 56.8 Å². The summed E-state index contributed by atoms with van der Waals surface area (Å²) in [7, 11) is 3.26. The lowest BCUT2D eigenvalue weighted by Crippen LogP contribution is -2.38. The highest BCUT2D eigenvalue weighted by Crippen LogP contribution is 2.24. The number of carbonyl (C=O) groups excluding carboxylic acids is 1. The van der Waals surface area contributed by atoms with Crippen LogP contribution < -0.4 is 19.5 Å². The van der Waals surface area contributed by atoms with Crippen LogP contribution in [-0.4, -0.2) is 26.2 Å². The minimum absolute atomic E-state index is 0.0750. The summed E-state index contributed by atoms with van der Waals surface area (Å²) in [6.45, 7) is 5.78. The molecule has 0 radical (unpaired) electrons. The van der Waals surface area contributed by atoms with E-state index in [1.807, 2.05) is 32.0 Å². The predicted octanol–water partition coefficient (Wildman–Crippen LogP) is 4.05. The monoisotopic (exact) mass is 357 g/mol. The molecule has 2 atom stereocenters. The number of hydrogen-bond acceptors (Lipinski definition) is 4. The van der Waals surface area contributed by atoms with Crippen molar-refractivity contribution >= 4 is 5.91 Å². The van der Waals surface area contributed by atoms with Gasteiger partial charge in [0, 0.05) is 0 Å². The van der Waals surface area contributed by atoms with E-state index in [0.29, 0.717) is 5.75 Å². The van der Waals surface area contributed by atoms with Crippen LogP contribution in [0.5, 0.6) is 17.2 Å². The first kappa shape index (κ1) is 19.6. The smallest absolute Gasteiger partial charge is 0.261 e. The quantitative estimate of drug-likeness (QED) is 0.774. The van der Waals surface area contributed by atoms with Crippen LogP contribution in [0.1, 0.15) is 37.4 Å². The second kappa shape index (κ2) is 9.13. The van der Waals surface area contributed by atoms with Gasteiger partial charge in [-0.05, 0) is 61.7 Å². The number of amides is 1. The van der Waals surface area contributed by atoms with Crippen molar-refractivity contribution in [2.75, 3.05) is 14.2 Å². The van der Waals surface area contributed by atoms with Gasteiger partial charge in [0.25, 0.3) is 5.91 Å². The van der Waals surface area contributed by atoms with Crippen LogP contribution >= 0.6 is 0 Å². The van der Waals surface area contributed by atoms with Crippen molar-refractivity contribution in [2.45, 2.75) is 39.3 Å². The number of benzene rings is 2. The van der Waals surface area contributed by atoms with Crippen molar-refractivity contribution in [1.82, 2.24) is 5.32 Å². The summed E-state index contributed by atoms with van der Waals surface area (Å²) in [5, 5.41) is 3.06. The van der Waals surface area contributed by atoms with Crippen LogP contribution in [0.15, 0.2) is 42.5 Å². The first-order valence-corrected chi connectivity index (χ1v) is 8.74. The Labute approximate surface area is 155 Å². The first-order chi connectivity index (χ1) is 12.5. The van der Waals surface area contributed by atoms with Crippen molar-refractivity contribution in [3.63, 3.8) is 0 Å². The van der Waals surface area contributed by atoms with Gasteiger partial charge in [-0.25, -0.2) is 0 Å². The third-order valence-corrected chi connectivity index (χ3v) is 4.29. The molecule has 0 saturated heterocycles. The first-order valence-electron chi connectivity index (χ1n) is 8.74. The lowest BCUT2D eigenvalue weighted by Gasteiger charge is -2.22. The van der Waals surface area contributed by atoms with Crippen molar-refractivity contribution in [3.8, 4) is 17.2 Å². The Morgan fingerprint density at radius 2 is 1.69 bits per heavy atom. The van der Waals surface area contributed by atoms with Gasteiger partial charge in [0.15, 0.2) is 6.10 Å². The molecule has 2 rings (SSSR count). The maximum Gasteiger partial charge on any atom is 0.261 e. The third kappa shape index (κ3) is 4.91. The van der Waals surface area contributed by atoms with Crippen molar-refractivity contribution < 1.29 is 19.0 Å². The average molecular weight is 357 g/mol. The molecule has 0 aliphatic rings. The Morgan fingerprint density at radius 1 is 1.04 bits per heavy atom. The summed E-state index contributed by atoms with van der Waals surface area (Å²) in [6.07, 6.45) is 0.184. The summed E-state index contributed by atoms with van der Waals surface area (Å²) in [5.74, 6) is 2.06. The maximum absolute atomic E-state index is 12.5. The fourth-order valence-electron chi connectivity index (χ4n) is 2.74. The summed E-state index contributed by atoms with van der Waals surface area (Å²) >= 11 is 0. The second-order valence-electron chi connectivity index (χ2n) is 6.13. The number of ether oxygens (including phenoxy) is 3. The number of methoxy groups -OCH3 is 2. The molecule has 0 heterocycles. The Kier molecular flexibility index (Phi) is 6.89. The van der Waals surface area contributed by atoms with Gasteiger partial charge in [-0.2, -0.15) is 0 Å². The highest BCUT2D eigenvalue weighted by Gasteiger charge is 2.20. The summed E-state index contributed by atoms with van der Waals surface area (Å²) in [4.78, 5) is 12.5. The van der Waals surface area contributed by atoms with Gasteiger partial charge in [0.2, 0.25) is 0 Å². The van der Waals surface area contributed by atoms with E-state index >= 15 is 0 Å². The fraction of sp³-hybridized carbons (Fsp3) is 0.381. The molecule has 2 aromatic carbocycles. The molecule has 5 heteroatoms. The van der Waals surface area contributed by atoms with E-state index in [-0.39, 0.29) is 11.9 Å². The molecule has 26 heavy (non-hydrogen) atoms. The highest BCUT2D eigenvalue weighted by atomic mass is 16.5. The zero-order valence-corrected chi connectivity index (χ0v) is 16.0. The van der Waals surface area contributed by atoms with E-state index < -0.39 is 6.10 Å². The Bertz CT molecular complexity index is 727. The minimum Gasteiger partial charge on any atom is -0.497 e. The van der Waals surface area contributed by atoms with Gasteiger partial charge in [-0.1, -0.05) is 19.1 Å². The minimum atomic E-state index is -0.600. The summed E-state index contributed by atoms with van der Waals surface area (Å²) in [6, 6.07) is 13.0. The average Bonchev–Trinajstić information content (AvgIpc) is 2.66. The Hall–Kier alpha value is -2.69. The molecule has 1 amide bonds. The zero-order chi connectivity index (χ0) is 19.1. The summed E-state index contributed by atoms with van der Waals surface area (Å²) < 4.78 is 16.1. The molecule has 0 unspecified atom stereocenters. The second-order valence-corrected chi connectivity index (χ2v) is 6.13. The molecular formula is C21H27NO4. The molecule has 5 nitrogen and oxygen atoms in total. The van der Waals surface area contributed by atoms with E-state index in [9.17, 15) is 4.79 Å². The van der Waals surface area contributed by atoms with E-state index in [1.54, 1.807) is 45.4 Å². The van der Waals surface area contributed by atoms with Gasteiger partial charge in [0.05, 0.1) is 20.3 Å². The molecule has 0 spiro atoms. The molecule has 0 bridgehead atoms. The van der Waals surface area contributed by atoms with E-state index in [1.165, 1.54) is 0 Å². The number of aryl methyl sites for hydroxylation is 1.